The summed E-state index contributed by atoms with van der Waals surface area (Å²) < 4.78 is 0. The van der Waals surface area contributed by atoms with Crippen molar-refractivity contribution in [3.8, 4) is 0 Å². The van der Waals surface area contributed by atoms with Crippen LogP contribution in [0.2, 0.25) is 0 Å². The Balaban J connectivity index is 2.37. The fourth-order valence-corrected chi connectivity index (χ4v) is 2.68. The minimum absolute atomic E-state index is 0.0911. The standard InChI is InChI=1S/C14H15N3O3S/c1-3-17(13(18)12-7-16-8(2)21-12)11-5-4-9(14(19)20)6-10(11)15/h4-7H,3,15H2,1-2H3,(H,19,20). The van der Waals surface area contributed by atoms with E-state index in [0.29, 0.717) is 17.1 Å². The smallest absolute Gasteiger partial charge is 0.335 e. The third-order valence-corrected chi connectivity index (χ3v) is 3.86. The van der Waals surface area contributed by atoms with E-state index in [2.05, 4.69) is 4.98 Å². The lowest BCUT2D eigenvalue weighted by Crippen LogP contribution is -2.30. The molecular weight excluding hydrogens is 290 g/mol. The number of carboxylic acid groups (broad SMARTS) is 1. The molecule has 1 aromatic carbocycles. The summed E-state index contributed by atoms with van der Waals surface area (Å²) in [6, 6.07) is 4.33. The molecule has 2 aromatic rings. The number of aromatic nitrogens is 1. The van der Waals surface area contributed by atoms with Crippen molar-refractivity contribution in [2.45, 2.75) is 13.8 Å². The summed E-state index contributed by atoms with van der Waals surface area (Å²) in [5.41, 5.74) is 6.73. The van der Waals surface area contributed by atoms with Crippen LogP contribution in [0, 0.1) is 6.92 Å². The topological polar surface area (TPSA) is 96.5 Å². The van der Waals surface area contributed by atoms with E-state index < -0.39 is 5.97 Å². The van der Waals surface area contributed by atoms with Gasteiger partial charge in [-0.15, -0.1) is 11.3 Å². The van der Waals surface area contributed by atoms with Gasteiger partial charge in [0.25, 0.3) is 5.91 Å². The molecular formula is C14H15N3O3S. The number of carboxylic acids is 1. The summed E-state index contributed by atoms with van der Waals surface area (Å²) in [7, 11) is 0. The van der Waals surface area contributed by atoms with Crippen LogP contribution < -0.4 is 10.6 Å². The lowest BCUT2D eigenvalue weighted by Gasteiger charge is -2.22. The van der Waals surface area contributed by atoms with Crippen molar-refractivity contribution in [1.82, 2.24) is 4.98 Å². The molecule has 1 amide bonds. The molecule has 110 valence electrons. The highest BCUT2D eigenvalue weighted by molar-refractivity contribution is 7.13. The lowest BCUT2D eigenvalue weighted by atomic mass is 10.1. The van der Waals surface area contributed by atoms with Crippen LogP contribution in [-0.4, -0.2) is 28.5 Å². The maximum Gasteiger partial charge on any atom is 0.335 e. The molecule has 1 heterocycles. The van der Waals surface area contributed by atoms with Crippen molar-refractivity contribution in [3.63, 3.8) is 0 Å². The largest absolute Gasteiger partial charge is 0.478 e. The molecule has 0 bridgehead atoms. The number of hydrogen-bond donors (Lipinski definition) is 2. The quantitative estimate of drug-likeness (QED) is 0.845. The number of aryl methyl sites for hydroxylation is 1. The molecule has 0 saturated carbocycles. The Bertz CT molecular complexity index is 697. The van der Waals surface area contributed by atoms with Gasteiger partial charge in [0.2, 0.25) is 0 Å². The summed E-state index contributed by atoms with van der Waals surface area (Å²) in [6.07, 6.45) is 1.53. The van der Waals surface area contributed by atoms with Crippen molar-refractivity contribution < 1.29 is 14.7 Å². The summed E-state index contributed by atoms with van der Waals surface area (Å²) in [4.78, 5) is 29.5. The Hall–Kier alpha value is -2.41. The fraction of sp³-hybridized carbons (Fsp3) is 0.214. The molecule has 0 radical (unpaired) electrons. The summed E-state index contributed by atoms with van der Waals surface area (Å²) in [5.74, 6) is -1.25. The van der Waals surface area contributed by atoms with Gasteiger partial charge in [-0.3, -0.25) is 4.79 Å². The zero-order valence-electron chi connectivity index (χ0n) is 11.7. The molecule has 0 aliphatic heterocycles. The minimum Gasteiger partial charge on any atom is -0.478 e. The lowest BCUT2D eigenvalue weighted by molar-refractivity contribution is 0.0697. The van der Waals surface area contributed by atoms with Crippen LogP contribution in [0.1, 0.15) is 32.0 Å². The van der Waals surface area contributed by atoms with Crippen LogP contribution in [0.4, 0.5) is 11.4 Å². The second-order valence-electron chi connectivity index (χ2n) is 4.37. The number of aromatic carboxylic acids is 1. The Morgan fingerprint density at radius 2 is 2.14 bits per heavy atom. The maximum absolute atomic E-state index is 12.5. The van der Waals surface area contributed by atoms with Gasteiger partial charge in [-0.05, 0) is 32.0 Å². The van der Waals surface area contributed by atoms with Gasteiger partial charge in [0.15, 0.2) is 0 Å². The highest BCUT2D eigenvalue weighted by Gasteiger charge is 2.20. The predicted octanol–water partition coefficient (Wildman–Crippen LogP) is 2.40. The van der Waals surface area contributed by atoms with Gasteiger partial charge in [0, 0.05) is 6.54 Å². The second kappa shape index (κ2) is 5.92. The van der Waals surface area contributed by atoms with E-state index in [1.165, 1.54) is 34.6 Å². The number of nitrogens with two attached hydrogens (primary N) is 1. The number of benzene rings is 1. The number of hydrogen-bond acceptors (Lipinski definition) is 5. The average molecular weight is 305 g/mol. The Morgan fingerprint density at radius 1 is 1.43 bits per heavy atom. The van der Waals surface area contributed by atoms with Crippen LogP contribution >= 0.6 is 11.3 Å². The number of carbonyl (C=O) groups excluding carboxylic acids is 1. The Kier molecular flexibility index (Phi) is 4.23. The summed E-state index contributed by atoms with van der Waals surface area (Å²) in [5, 5.41) is 9.75. The third-order valence-electron chi connectivity index (χ3n) is 2.96. The first-order chi connectivity index (χ1) is 9.93. The van der Waals surface area contributed by atoms with Crippen molar-refractivity contribution in [2.24, 2.45) is 0 Å². The molecule has 1 aromatic heterocycles. The van der Waals surface area contributed by atoms with E-state index in [1.54, 1.807) is 6.07 Å². The molecule has 0 aliphatic carbocycles. The molecule has 0 saturated heterocycles. The van der Waals surface area contributed by atoms with Gasteiger partial charge in [-0.2, -0.15) is 0 Å². The SMILES string of the molecule is CCN(C(=O)c1cnc(C)s1)c1ccc(C(=O)O)cc1N. The van der Waals surface area contributed by atoms with Crippen LogP contribution in [0.15, 0.2) is 24.4 Å². The first kappa shape index (κ1) is 15.0. The number of carbonyl (C=O) groups is 2. The number of nitrogens with zero attached hydrogens (tertiary/aromatic N) is 2. The molecule has 6 nitrogen and oxygen atoms in total. The monoisotopic (exact) mass is 305 g/mol. The molecule has 0 unspecified atom stereocenters. The van der Waals surface area contributed by atoms with Gasteiger partial charge in [0.1, 0.15) is 4.88 Å². The van der Waals surface area contributed by atoms with Crippen molar-refractivity contribution in [2.75, 3.05) is 17.2 Å². The van der Waals surface area contributed by atoms with E-state index in [9.17, 15) is 9.59 Å². The normalized spacial score (nSPS) is 10.4. The van der Waals surface area contributed by atoms with Gasteiger partial charge < -0.3 is 15.7 Å². The van der Waals surface area contributed by atoms with Crippen LogP contribution in [0.5, 0.6) is 0 Å². The van der Waals surface area contributed by atoms with Gasteiger partial charge in [-0.1, -0.05) is 0 Å². The maximum atomic E-state index is 12.5. The molecule has 3 N–H and O–H groups in total. The van der Waals surface area contributed by atoms with E-state index in [1.807, 2.05) is 13.8 Å². The van der Waals surface area contributed by atoms with Crippen molar-refractivity contribution in [1.29, 1.82) is 0 Å². The number of rotatable bonds is 4. The first-order valence-corrected chi connectivity index (χ1v) is 7.12. The molecule has 2 rings (SSSR count). The molecule has 21 heavy (non-hydrogen) atoms. The first-order valence-electron chi connectivity index (χ1n) is 6.31. The molecule has 0 fully saturated rings. The van der Waals surface area contributed by atoms with Gasteiger partial charge in [0.05, 0.1) is 28.1 Å². The average Bonchev–Trinajstić information content (AvgIpc) is 2.87. The predicted molar refractivity (Wildman–Crippen MR) is 82.0 cm³/mol. The zero-order chi connectivity index (χ0) is 15.6. The van der Waals surface area contributed by atoms with E-state index >= 15 is 0 Å². The molecule has 0 atom stereocenters. The molecule has 7 heteroatoms. The van der Waals surface area contributed by atoms with Crippen molar-refractivity contribution in [3.05, 3.63) is 39.8 Å². The number of anilines is 2. The molecule has 0 aliphatic rings. The number of nitrogen functional groups attached to an aromatic ring is 1. The summed E-state index contributed by atoms with van der Waals surface area (Å²) >= 11 is 1.31. The third kappa shape index (κ3) is 3.03. The molecule has 0 spiro atoms. The van der Waals surface area contributed by atoms with E-state index in [4.69, 9.17) is 10.8 Å². The Morgan fingerprint density at radius 3 is 2.62 bits per heavy atom. The number of amides is 1. The second-order valence-corrected chi connectivity index (χ2v) is 5.61. The van der Waals surface area contributed by atoms with Crippen molar-refractivity contribution >= 4 is 34.6 Å². The van der Waals surface area contributed by atoms with Crippen LogP contribution in [0.3, 0.4) is 0 Å². The van der Waals surface area contributed by atoms with Gasteiger partial charge >= 0.3 is 5.97 Å². The fourth-order valence-electron chi connectivity index (χ4n) is 1.95. The highest BCUT2D eigenvalue weighted by atomic mass is 32.1. The van der Waals surface area contributed by atoms with Gasteiger partial charge in [-0.25, -0.2) is 9.78 Å². The van der Waals surface area contributed by atoms with Crippen LogP contribution in [0.25, 0.3) is 0 Å². The zero-order valence-corrected chi connectivity index (χ0v) is 12.5. The Labute approximate surface area is 125 Å². The highest BCUT2D eigenvalue weighted by Crippen LogP contribution is 2.27. The van der Waals surface area contributed by atoms with E-state index in [-0.39, 0.29) is 17.2 Å². The van der Waals surface area contributed by atoms with Crippen LogP contribution in [-0.2, 0) is 0 Å². The number of thiazole rings is 1. The van der Waals surface area contributed by atoms with E-state index in [0.717, 1.165) is 5.01 Å². The summed E-state index contributed by atoms with van der Waals surface area (Å²) in [6.45, 7) is 4.08. The minimum atomic E-state index is -1.05.